The minimum Gasteiger partial charge on any atom is -0.468 e. The fourth-order valence-electron chi connectivity index (χ4n) is 2.21. The van der Waals surface area contributed by atoms with Crippen LogP contribution in [0.2, 0.25) is 0 Å². The number of carbonyl (C=O) groups excluding carboxylic acids is 1. The first-order chi connectivity index (χ1) is 9.47. The average molecular weight is 281 g/mol. The van der Waals surface area contributed by atoms with Gasteiger partial charge >= 0.3 is 5.97 Å². The van der Waals surface area contributed by atoms with Crippen LogP contribution in [0.3, 0.4) is 0 Å². The van der Waals surface area contributed by atoms with Gasteiger partial charge in [-0.15, -0.1) is 0 Å². The van der Waals surface area contributed by atoms with Crippen LogP contribution in [-0.2, 0) is 16.0 Å². The van der Waals surface area contributed by atoms with Crippen molar-refractivity contribution in [1.82, 2.24) is 5.32 Å². The van der Waals surface area contributed by atoms with Crippen LogP contribution in [0, 0.1) is 11.7 Å². The summed E-state index contributed by atoms with van der Waals surface area (Å²) in [5, 5.41) is 3.29. The summed E-state index contributed by atoms with van der Waals surface area (Å²) in [6.45, 7) is 6.05. The van der Waals surface area contributed by atoms with Crippen molar-refractivity contribution in [1.29, 1.82) is 0 Å². The van der Waals surface area contributed by atoms with Crippen LogP contribution in [0.25, 0.3) is 0 Å². The van der Waals surface area contributed by atoms with Gasteiger partial charge < -0.3 is 10.1 Å². The summed E-state index contributed by atoms with van der Waals surface area (Å²) in [5.41, 5.74) is 0.915. The highest BCUT2D eigenvalue weighted by atomic mass is 19.1. The van der Waals surface area contributed by atoms with Gasteiger partial charge in [0.05, 0.1) is 7.11 Å². The minimum atomic E-state index is -0.325. The third kappa shape index (κ3) is 4.93. The van der Waals surface area contributed by atoms with Gasteiger partial charge in [-0.3, -0.25) is 4.79 Å². The maximum absolute atomic E-state index is 13.2. The summed E-state index contributed by atoms with van der Waals surface area (Å²) >= 11 is 0. The standard InChI is InChI=1S/C16H24FNO2/c1-5-11(2)15(16(19)20-4)18-12(3)9-13-7-6-8-14(17)10-13/h6-8,10-12,15,18H,5,9H2,1-4H3. The third-order valence-electron chi connectivity index (χ3n) is 3.56. The molecule has 1 aromatic carbocycles. The molecule has 112 valence electrons. The zero-order chi connectivity index (χ0) is 15.1. The quantitative estimate of drug-likeness (QED) is 0.781. The van der Waals surface area contributed by atoms with Crippen LogP contribution in [0.15, 0.2) is 24.3 Å². The van der Waals surface area contributed by atoms with Crippen molar-refractivity contribution in [3.8, 4) is 0 Å². The highest BCUT2D eigenvalue weighted by molar-refractivity contribution is 5.76. The van der Waals surface area contributed by atoms with E-state index in [9.17, 15) is 9.18 Å². The molecular weight excluding hydrogens is 257 g/mol. The molecule has 0 aliphatic heterocycles. The lowest BCUT2D eigenvalue weighted by atomic mass is 9.97. The number of rotatable bonds is 7. The SMILES string of the molecule is CCC(C)C(NC(C)Cc1cccc(F)c1)C(=O)OC. The normalized spacial score (nSPS) is 15.4. The third-order valence-corrected chi connectivity index (χ3v) is 3.56. The molecule has 0 heterocycles. The van der Waals surface area contributed by atoms with E-state index in [1.165, 1.54) is 19.2 Å². The first kappa shape index (κ1) is 16.6. The number of esters is 1. The van der Waals surface area contributed by atoms with E-state index < -0.39 is 0 Å². The van der Waals surface area contributed by atoms with Crippen molar-refractivity contribution in [2.75, 3.05) is 7.11 Å². The predicted molar refractivity (Wildman–Crippen MR) is 78.0 cm³/mol. The Morgan fingerprint density at radius 1 is 1.40 bits per heavy atom. The Balaban J connectivity index is 2.66. The van der Waals surface area contributed by atoms with Gasteiger partial charge in [0.2, 0.25) is 0 Å². The molecule has 1 rings (SSSR count). The molecule has 0 amide bonds. The number of ether oxygens (including phenoxy) is 1. The fourth-order valence-corrected chi connectivity index (χ4v) is 2.21. The van der Waals surface area contributed by atoms with Crippen molar-refractivity contribution in [3.05, 3.63) is 35.6 Å². The number of hydrogen-bond acceptors (Lipinski definition) is 3. The lowest BCUT2D eigenvalue weighted by Gasteiger charge is -2.25. The molecule has 0 spiro atoms. The van der Waals surface area contributed by atoms with E-state index >= 15 is 0 Å². The highest BCUT2D eigenvalue weighted by Gasteiger charge is 2.26. The molecule has 0 aliphatic rings. The van der Waals surface area contributed by atoms with Crippen LogP contribution < -0.4 is 5.32 Å². The molecule has 0 aliphatic carbocycles. The molecule has 20 heavy (non-hydrogen) atoms. The van der Waals surface area contributed by atoms with E-state index in [2.05, 4.69) is 5.32 Å². The number of benzene rings is 1. The topological polar surface area (TPSA) is 38.3 Å². The minimum absolute atomic E-state index is 0.0647. The second-order valence-corrected chi connectivity index (χ2v) is 5.29. The van der Waals surface area contributed by atoms with Gasteiger partial charge in [0, 0.05) is 6.04 Å². The summed E-state index contributed by atoms with van der Waals surface area (Å²) in [7, 11) is 1.40. The molecule has 0 radical (unpaired) electrons. The Morgan fingerprint density at radius 3 is 2.65 bits per heavy atom. The summed E-state index contributed by atoms with van der Waals surface area (Å²) < 4.78 is 18.0. The zero-order valence-corrected chi connectivity index (χ0v) is 12.7. The predicted octanol–water partition coefficient (Wildman–Crippen LogP) is 2.93. The molecule has 3 atom stereocenters. The second-order valence-electron chi connectivity index (χ2n) is 5.29. The molecule has 4 heteroatoms. The molecule has 0 saturated heterocycles. The maximum atomic E-state index is 13.2. The lowest BCUT2D eigenvalue weighted by Crippen LogP contribution is -2.47. The molecule has 0 saturated carbocycles. The zero-order valence-electron chi connectivity index (χ0n) is 12.7. The summed E-state index contributed by atoms with van der Waals surface area (Å²) in [6, 6.07) is 6.28. The Hall–Kier alpha value is -1.42. The first-order valence-electron chi connectivity index (χ1n) is 7.06. The molecule has 0 fully saturated rings. The van der Waals surface area contributed by atoms with Gasteiger partial charge in [0.15, 0.2) is 0 Å². The number of methoxy groups -OCH3 is 1. The van der Waals surface area contributed by atoms with Gasteiger partial charge in [-0.25, -0.2) is 4.39 Å². The molecule has 1 N–H and O–H groups in total. The van der Waals surface area contributed by atoms with Crippen molar-refractivity contribution in [2.24, 2.45) is 5.92 Å². The largest absolute Gasteiger partial charge is 0.468 e. The Kier molecular flexibility index (Phi) is 6.65. The van der Waals surface area contributed by atoms with Crippen LogP contribution in [0.4, 0.5) is 4.39 Å². The molecule has 3 unspecified atom stereocenters. The maximum Gasteiger partial charge on any atom is 0.323 e. The van der Waals surface area contributed by atoms with Crippen LogP contribution in [0.5, 0.6) is 0 Å². The van der Waals surface area contributed by atoms with Gasteiger partial charge in [0.1, 0.15) is 11.9 Å². The van der Waals surface area contributed by atoms with Crippen LogP contribution in [-0.4, -0.2) is 25.2 Å². The average Bonchev–Trinajstić information content (AvgIpc) is 2.43. The second kappa shape index (κ2) is 8.00. The number of carbonyl (C=O) groups is 1. The molecule has 3 nitrogen and oxygen atoms in total. The van der Waals surface area contributed by atoms with E-state index in [0.29, 0.717) is 6.42 Å². The number of nitrogens with one attached hydrogen (secondary N) is 1. The number of hydrogen-bond donors (Lipinski definition) is 1. The smallest absolute Gasteiger partial charge is 0.323 e. The Bertz CT molecular complexity index is 436. The Morgan fingerprint density at radius 2 is 2.10 bits per heavy atom. The van der Waals surface area contributed by atoms with E-state index in [0.717, 1.165) is 12.0 Å². The van der Waals surface area contributed by atoms with Gasteiger partial charge in [-0.05, 0) is 37.0 Å². The van der Waals surface area contributed by atoms with Crippen molar-refractivity contribution < 1.29 is 13.9 Å². The van der Waals surface area contributed by atoms with Crippen molar-refractivity contribution >= 4 is 5.97 Å². The molecule has 0 bridgehead atoms. The molecule has 0 aromatic heterocycles. The summed E-state index contributed by atoms with van der Waals surface area (Å²) in [4.78, 5) is 11.8. The number of halogens is 1. The molecular formula is C16H24FNO2. The van der Waals surface area contributed by atoms with Gasteiger partial charge in [-0.2, -0.15) is 0 Å². The first-order valence-corrected chi connectivity index (χ1v) is 7.06. The highest BCUT2D eigenvalue weighted by Crippen LogP contribution is 2.12. The lowest BCUT2D eigenvalue weighted by molar-refractivity contribution is -0.144. The van der Waals surface area contributed by atoms with Crippen LogP contribution in [0.1, 0.15) is 32.8 Å². The van der Waals surface area contributed by atoms with E-state index in [1.54, 1.807) is 6.07 Å². The summed E-state index contributed by atoms with van der Waals surface area (Å²) in [5.74, 6) is -0.288. The van der Waals surface area contributed by atoms with Gasteiger partial charge in [0.25, 0.3) is 0 Å². The Labute approximate surface area is 120 Å². The van der Waals surface area contributed by atoms with Crippen molar-refractivity contribution in [3.63, 3.8) is 0 Å². The van der Waals surface area contributed by atoms with E-state index in [4.69, 9.17) is 4.74 Å². The van der Waals surface area contributed by atoms with Crippen molar-refractivity contribution in [2.45, 2.75) is 45.7 Å². The van der Waals surface area contributed by atoms with E-state index in [1.807, 2.05) is 26.8 Å². The van der Waals surface area contributed by atoms with Crippen LogP contribution >= 0.6 is 0 Å². The monoisotopic (exact) mass is 281 g/mol. The summed E-state index contributed by atoms with van der Waals surface area (Å²) in [6.07, 6.45) is 1.56. The fraction of sp³-hybridized carbons (Fsp3) is 0.562. The van der Waals surface area contributed by atoms with Gasteiger partial charge in [-0.1, -0.05) is 32.4 Å². The molecule has 1 aromatic rings. The van der Waals surface area contributed by atoms with E-state index in [-0.39, 0.29) is 29.8 Å².